The molecular formula is C13H23ClN4O2. The van der Waals surface area contributed by atoms with Crippen molar-refractivity contribution in [2.45, 2.75) is 19.9 Å². The molecule has 0 radical (unpaired) electrons. The standard InChI is InChI=1S/C13H23ClN4O2/c1-10(2)18-13(19)12(14)11(9-16-18)15-5-7-20-8-6-17(3)4/h9-10,15H,5-8H2,1-4H3. The van der Waals surface area contributed by atoms with Gasteiger partial charge in [0.2, 0.25) is 0 Å². The molecule has 1 aromatic heterocycles. The molecule has 1 rings (SSSR count). The Bertz CT molecular complexity index is 474. The Balaban J connectivity index is 2.45. The van der Waals surface area contributed by atoms with Gasteiger partial charge in [0.25, 0.3) is 5.56 Å². The number of anilines is 1. The van der Waals surface area contributed by atoms with E-state index in [9.17, 15) is 4.79 Å². The molecule has 0 saturated carbocycles. The number of nitrogens with zero attached hydrogens (tertiary/aromatic N) is 3. The first kappa shape index (κ1) is 16.9. The zero-order valence-electron chi connectivity index (χ0n) is 12.5. The summed E-state index contributed by atoms with van der Waals surface area (Å²) >= 11 is 6.04. The van der Waals surface area contributed by atoms with Crippen molar-refractivity contribution in [1.29, 1.82) is 0 Å². The van der Waals surface area contributed by atoms with E-state index < -0.39 is 0 Å². The number of halogens is 1. The number of likely N-dealkylation sites (N-methyl/N-ethyl adjacent to an activating group) is 1. The van der Waals surface area contributed by atoms with Crippen LogP contribution in [0.2, 0.25) is 5.02 Å². The average molecular weight is 303 g/mol. The van der Waals surface area contributed by atoms with Crippen LogP contribution in [-0.2, 0) is 4.74 Å². The fourth-order valence-electron chi connectivity index (χ4n) is 1.54. The van der Waals surface area contributed by atoms with Gasteiger partial charge in [-0.15, -0.1) is 0 Å². The number of rotatable bonds is 8. The Hall–Kier alpha value is -1.11. The Labute approximate surface area is 124 Å². The first-order chi connectivity index (χ1) is 9.43. The molecule has 1 aromatic rings. The molecular weight excluding hydrogens is 280 g/mol. The van der Waals surface area contributed by atoms with Crippen LogP contribution in [0.4, 0.5) is 5.69 Å². The molecule has 0 aromatic carbocycles. The maximum absolute atomic E-state index is 11.9. The smallest absolute Gasteiger partial charge is 0.287 e. The van der Waals surface area contributed by atoms with Crippen molar-refractivity contribution in [3.8, 4) is 0 Å². The lowest BCUT2D eigenvalue weighted by Crippen LogP contribution is -2.26. The number of nitrogens with one attached hydrogen (secondary N) is 1. The fraction of sp³-hybridized carbons (Fsp3) is 0.692. The number of hydrogen-bond donors (Lipinski definition) is 1. The molecule has 0 aliphatic rings. The minimum Gasteiger partial charge on any atom is -0.380 e. The number of ether oxygens (including phenoxy) is 1. The van der Waals surface area contributed by atoms with E-state index in [1.54, 1.807) is 6.20 Å². The average Bonchev–Trinajstić information content (AvgIpc) is 2.37. The summed E-state index contributed by atoms with van der Waals surface area (Å²) in [4.78, 5) is 14.0. The van der Waals surface area contributed by atoms with Crippen molar-refractivity contribution >= 4 is 17.3 Å². The van der Waals surface area contributed by atoms with Gasteiger partial charge in [-0.1, -0.05) is 11.6 Å². The van der Waals surface area contributed by atoms with Gasteiger partial charge in [0, 0.05) is 13.1 Å². The topological polar surface area (TPSA) is 59.4 Å². The highest BCUT2D eigenvalue weighted by Crippen LogP contribution is 2.15. The lowest BCUT2D eigenvalue weighted by molar-refractivity contribution is 0.126. The van der Waals surface area contributed by atoms with E-state index in [1.807, 2.05) is 27.9 Å². The van der Waals surface area contributed by atoms with Gasteiger partial charge in [-0.3, -0.25) is 4.79 Å². The molecule has 0 aliphatic carbocycles. The van der Waals surface area contributed by atoms with Crippen LogP contribution in [0.3, 0.4) is 0 Å². The Kier molecular flexibility index (Phi) is 6.98. The van der Waals surface area contributed by atoms with Gasteiger partial charge >= 0.3 is 0 Å². The van der Waals surface area contributed by atoms with Crippen molar-refractivity contribution in [2.75, 3.05) is 45.7 Å². The largest absolute Gasteiger partial charge is 0.380 e. The molecule has 6 nitrogen and oxygen atoms in total. The lowest BCUT2D eigenvalue weighted by atomic mass is 10.4. The first-order valence-corrected chi connectivity index (χ1v) is 7.05. The second-order valence-corrected chi connectivity index (χ2v) is 5.44. The van der Waals surface area contributed by atoms with Crippen molar-refractivity contribution in [2.24, 2.45) is 0 Å². The molecule has 0 aliphatic heterocycles. The van der Waals surface area contributed by atoms with Gasteiger partial charge in [0.05, 0.1) is 31.1 Å². The van der Waals surface area contributed by atoms with Crippen LogP contribution in [0.15, 0.2) is 11.0 Å². The Morgan fingerprint density at radius 1 is 1.45 bits per heavy atom. The van der Waals surface area contributed by atoms with Crippen LogP contribution in [-0.4, -0.2) is 55.1 Å². The quantitative estimate of drug-likeness (QED) is 0.737. The van der Waals surface area contributed by atoms with E-state index in [0.29, 0.717) is 25.4 Å². The van der Waals surface area contributed by atoms with E-state index in [-0.39, 0.29) is 16.6 Å². The van der Waals surface area contributed by atoms with Gasteiger partial charge in [0.1, 0.15) is 5.02 Å². The van der Waals surface area contributed by atoms with Gasteiger partial charge in [0.15, 0.2) is 0 Å². The van der Waals surface area contributed by atoms with Crippen molar-refractivity contribution < 1.29 is 4.74 Å². The molecule has 0 fully saturated rings. The molecule has 0 atom stereocenters. The molecule has 1 N–H and O–H groups in total. The molecule has 0 saturated heterocycles. The number of aromatic nitrogens is 2. The molecule has 7 heteroatoms. The second-order valence-electron chi connectivity index (χ2n) is 5.06. The predicted molar refractivity (Wildman–Crippen MR) is 81.8 cm³/mol. The maximum Gasteiger partial charge on any atom is 0.287 e. The summed E-state index contributed by atoms with van der Waals surface area (Å²) in [5, 5.41) is 7.32. The summed E-state index contributed by atoms with van der Waals surface area (Å²) in [5.41, 5.74) is 0.268. The van der Waals surface area contributed by atoms with Crippen molar-refractivity contribution in [3.63, 3.8) is 0 Å². The monoisotopic (exact) mass is 302 g/mol. The van der Waals surface area contributed by atoms with Crippen molar-refractivity contribution in [1.82, 2.24) is 14.7 Å². The predicted octanol–water partition coefficient (Wildman–Crippen LogP) is 1.47. The van der Waals surface area contributed by atoms with Gasteiger partial charge in [-0.25, -0.2) is 4.68 Å². The molecule has 0 bridgehead atoms. The summed E-state index contributed by atoms with van der Waals surface area (Å²) in [5.74, 6) is 0. The Morgan fingerprint density at radius 2 is 2.15 bits per heavy atom. The third-order valence-electron chi connectivity index (χ3n) is 2.68. The van der Waals surface area contributed by atoms with E-state index in [1.165, 1.54) is 4.68 Å². The minimum absolute atomic E-state index is 0.0107. The fourth-order valence-corrected chi connectivity index (χ4v) is 1.75. The third-order valence-corrected chi connectivity index (χ3v) is 3.04. The van der Waals surface area contributed by atoms with Gasteiger partial charge in [-0.05, 0) is 27.9 Å². The van der Waals surface area contributed by atoms with Crippen LogP contribution in [0, 0.1) is 0 Å². The second kappa shape index (κ2) is 8.24. The highest BCUT2D eigenvalue weighted by atomic mass is 35.5. The molecule has 0 amide bonds. The van der Waals surface area contributed by atoms with Crippen LogP contribution in [0.5, 0.6) is 0 Å². The Morgan fingerprint density at radius 3 is 2.75 bits per heavy atom. The summed E-state index contributed by atoms with van der Waals surface area (Å²) in [6.45, 7) is 6.46. The minimum atomic E-state index is -0.278. The van der Waals surface area contributed by atoms with Crippen LogP contribution < -0.4 is 10.9 Å². The van der Waals surface area contributed by atoms with E-state index >= 15 is 0 Å². The van der Waals surface area contributed by atoms with Crippen LogP contribution in [0.1, 0.15) is 19.9 Å². The molecule has 20 heavy (non-hydrogen) atoms. The van der Waals surface area contributed by atoms with E-state index in [0.717, 1.165) is 6.54 Å². The summed E-state index contributed by atoms with van der Waals surface area (Å²) in [6.07, 6.45) is 1.57. The number of hydrogen-bond acceptors (Lipinski definition) is 5. The van der Waals surface area contributed by atoms with E-state index in [4.69, 9.17) is 16.3 Å². The van der Waals surface area contributed by atoms with Gasteiger partial charge < -0.3 is 15.0 Å². The zero-order chi connectivity index (χ0) is 15.1. The third kappa shape index (κ3) is 5.11. The highest BCUT2D eigenvalue weighted by molar-refractivity contribution is 6.32. The molecule has 0 unspecified atom stereocenters. The SMILES string of the molecule is CC(C)n1ncc(NCCOCCN(C)C)c(Cl)c1=O. The highest BCUT2D eigenvalue weighted by Gasteiger charge is 2.10. The van der Waals surface area contributed by atoms with Crippen molar-refractivity contribution in [3.05, 3.63) is 21.6 Å². The lowest BCUT2D eigenvalue weighted by Gasteiger charge is -2.13. The molecule has 114 valence electrons. The molecule has 1 heterocycles. The normalized spacial score (nSPS) is 11.3. The molecule has 0 spiro atoms. The van der Waals surface area contributed by atoms with Crippen LogP contribution in [0.25, 0.3) is 0 Å². The van der Waals surface area contributed by atoms with Gasteiger partial charge in [-0.2, -0.15) is 5.10 Å². The summed E-state index contributed by atoms with van der Waals surface area (Å²) in [6, 6.07) is -0.0107. The summed E-state index contributed by atoms with van der Waals surface area (Å²) < 4.78 is 6.81. The first-order valence-electron chi connectivity index (χ1n) is 6.67. The maximum atomic E-state index is 11.9. The van der Waals surface area contributed by atoms with E-state index in [2.05, 4.69) is 15.3 Å². The van der Waals surface area contributed by atoms with Crippen LogP contribution >= 0.6 is 11.6 Å². The summed E-state index contributed by atoms with van der Waals surface area (Å²) in [7, 11) is 3.99. The zero-order valence-corrected chi connectivity index (χ0v) is 13.3.